The number of carbonyl (C=O) groups excluding carboxylic acids is 2. The van der Waals surface area contributed by atoms with Crippen LogP contribution in [0.25, 0.3) is 17.5 Å². The Bertz CT molecular complexity index is 1700. The number of benzene rings is 2. The summed E-state index contributed by atoms with van der Waals surface area (Å²) in [6, 6.07) is 10.1. The van der Waals surface area contributed by atoms with Gasteiger partial charge < -0.3 is 34.2 Å². The summed E-state index contributed by atoms with van der Waals surface area (Å²) in [5.74, 6) is -0.957. The largest absolute Gasteiger partial charge is 0.493 e. The molecule has 0 aliphatic carbocycles. The van der Waals surface area contributed by atoms with Crippen LogP contribution in [0.5, 0.6) is 23.0 Å². The third-order valence-corrected chi connectivity index (χ3v) is 7.51. The standard InChI is InChI=1S/C28H28N2O9S/c1-34-16-9-7-14(11-18(16)36-3)12-20-25(31)30-24(29)22(27(32)38-5)21(23(26(30)40-20)28(33)39-6)15-8-10-17(35-2)19(13-15)37-4/h7-13,21H,29H2,1-6H3/b20-12-/t21-/m0/s1. The molecular formula is C28H28N2O9S. The Morgan fingerprint density at radius 2 is 1.35 bits per heavy atom. The van der Waals surface area contributed by atoms with E-state index in [1.165, 1.54) is 42.7 Å². The summed E-state index contributed by atoms with van der Waals surface area (Å²) < 4.78 is 33.2. The Kier molecular flexibility index (Phi) is 8.19. The van der Waals surface area contributed by atoms with Gasteiger partial charge in [-0.05, 0) is 41.5 Å². The maximum atomic E-state index is 13.7. The molecule has 2 heterocycles. The topological polar surface area (TPSA) is 138 Å². The van der Waals surface area contributed by atoms with E-state index in [1.54, 1.807) is 42.5 Å². The van der Waals surface area contributed by atoms with Crippen molar-refractivity contribution in [3.05, 3.63) is 72.6 Å². The first kappa shape index (κ1) is 28.3. The highest BCUT2D eigenvalue weighted by Crippen LogP contribution is 2.40. The van der Waals surface area contributed by atoms with Crippen molar-refractivity contribution < 1.29 is 38.0 Å². The average molecular weight is 569 g/mol. The van der Waals surface area contributed by atoms with Gasteiger partial charge in [-0.2, -0.15) is 0 Å². The van der Waals surface area contributed by atoms with Gasteiger partial charge in [0.25, 0.3) is 5.56 Å². The van der Waals surface area contributed by atoms with Crippen molar-refractivity contribution in [3.63, 3.8) is 0 Å². The van der Waals surface area contributed by atoms with E-state index < -0.39 is 23.4 Å². The molecule has 0 spiro atoms. The van der Waals surface area contributed by atoms with Crippen LogP contribution in [0, 0.1) is 0 Å². The quantitative estimate of drug-likeness (QED) is 0.395. The van der Waals surface area contributed by atoms with Crippen LogP contribution >= 0.6 is 11.3 Å². The molecule has 0 saturated heterocycles. The van der Waals surface area contributed by atoms with Crippen molar-refractivity contribution in [2.75, 3.05) is 42.7 Å². The molecule has 0 saturated carbocycles. The summed E-state index contributed by atoms with van der Waals surface area (Å²) in [7, 11) is 8.39. The van der Waals surface area contributed by atoms with Gasteiger partial charge in [0, 0.05) is 0 Å². The third kappa shape index (κ3) is 4.77. The van der Waals surface area contributed by atoms with Crippen molar-refractivity contribution >= 4 is 40.7 Å². The van der Waals surface area contributed by atoms with Gasteiger partial charge in [0.15, 0.2) is 23.0 Å². The molecule has 210 valence electrons. The summed E-state index contributed by atoms with van der Waals surface area (Å²) in [6.07, 6.45) is 1.63. The van der Waals surface area contributed by atoms with Crippen LogP contribution in [-0.4, -0.2) is 59.2 Å². The lowest BCUT2D eigenvalue weighted by Crippen LogP contribution is -2.41. The predicted molar refractivity (Wildman–Crippen MR) is 148 cm³/mol. The number of aromatic nitrogens is 1. The van der Waals surface area contributed by atoms with Crippen molar-refractivity contribution in [2.24, 2.45) is 5.73 Å². The normalized spacial score (nSPS) is 14.9. The number of fused-ring (bicyclic) bond motifs is 1. The molecule has 11 nitrogen and oxygen atoms in total. The summed E-state index contributed by atoms with van der Waals surface area (Å²) >= 11 is 1.04. The second-order valence-corrected chi connectivity index (χ2v) is 9.44. The average Bonchev–Trinajstić information content (AvgIpc) is 3.30. The van der Waals surface area contributed by atoms with Gasteiger partial charge >= 0.3 is 11.9 Å². The maximum absolute atomic E-state index is 13.7. The SMILES string of the molecule is COC(=O)C1=C(N)n2c(s/c(=C\c3ccc(OC)c(OC)c3)c2=O)=C(C(=O)OC)[C@H]1c1ccc(OC)c(OC)c1. The van der Waals surface area contributed by atoms with Crippen molar-refractivity contribution in [3.8, 4) is 23.0 Å². The summed E-state index contributed by atoms with van der Waals surface area (Å²) in [6.45, 7) is 0. The number of methoxy groups -OCH3 is 6. The summed E-state index contributed by atoms with van der Waals surface area (Å²) in [4.78, 5) is 40.1. The Morgan fingerprint density at radius 3 is 1.93 bits per heavy atom. The molecule has 12 heteroatoms. The lowest BCUT2D eigenvalue weighted by atomic mass is 9.83. The molecule has 0 bridgehead atoms. The van der Waals surface area contributed by atoms with Crippen molar-refractivity contribution in [2.45, 2.75) is 5.92 Å². The van der Waals surface area contributed by atoms with Crippen LogP contribution in [0.15, 0.2) is 46.8 Å². The molecule has 0 amide bonds. The number of hydrogen-bond acceptors (Lipinski definition) is 11. The number of thiazole rings is 1. The van der Waals surface area contributed by atoms with Crippen LogP contribution in [0.2, 0.25) is 0 Å². The van der Waals surface area contributed by atoms with Crippen LogP contribution in [0.4, 0.5) is 0 Å². The molecule has 3 aromatic rings. The minimum atomic E-state index is -1.04. The minimum Gasteiger partial charge on any atom is -0.493 e. The number of ether oxygens (including phenoxy) is 6. The molecule has 1 atom stereocenters. The first-order chi connectivity index (χ1) is 19.2. The van der Waals surface area contributed by atoms with E-state index in [2.05, 4.69) is 0 Å². The van der Waals surface area contributed by atoms with E-state index >= 15 is 0 Å². The molecule has 0 fully saturated rings. The van der Waals surface area contributed by atoms with E-state index in [-0.39, 0.29) is 26.2 Å². The zero-order chi connectivity index (χ0) is 29.1. The number of nitrogens with zero attached hydrogens (tertiary/aromatic N) is 1. The number of esters is 2. The molecule has 1 aromatic heterocycles. The lowest BCUT2D eigenvalue weighted by Gasteiger charge is -2.27. The number of rotatable bonds is 8. The minimum absolute atomic E-state index is 0.0402. The van der Waals surface area contributed by atoms with E-state index in [0.29, 0.717) is 34.1 Å². The number of carbonyl (C=O) groups is 2. The molecule has 0 unspecified atom stereocenters. The Labute approximate surface area is 233 Å². The van der Waals surface area contributed by atoms with Crippen molar-refractivity contribution in [1.29, 1.82) is 0 Å². The van der Waals surface area contributed by atoms with Crippen LogP contribution in [0.1, 0.15) is 17.0 Å². The van der Waals surface area contributed by atoms with Gasteiger partial charge in [-0.3, -0.25) is 9.36 Å². The van der Waals surface area contributed by atoms with Crippen molar-refractivity contribution in [1.82, 2.24) is 4.57 Å². The third-order valence-electron chi connectivity index (χ3n) is 6.41. The molecule has 1 aliphatic heterocycles. The molecule has 1 aliphatic rings. The Morgan fingerprint density at radius 1 is 0.800 bits per heavy atom. The molecule has 0 radical (unpaired) electrons. The maximum Gasteiger partial charge on any atom is 0.338 e. The highest BCUT2D eigenvalue weighted by atomic mass is 32.1. The highest BCUT2D eigenvalue weighted by Gasteiger charge is 2.40. The Hall–Kier alpha value is -4.71. The Balaban J connectivity index is 2.09. The fourth-order valence-corrected chi connectivity index (χ4v) is 5.69. The van der Waals surface area contributed by atoms with Crippen LogP contribution in [-0.2, 0) is 19.1 Å². The van der Waals surface area contributed by atoms with E-state index in [1.807, 2.05) is 0 Å². The van der Waals surface area contributed by atoms with Gasteiger partial charge in [0.1, 0.15) is 10.5 Å². The van der Waals surface area contributed by atoms with Gasteiger partial charge in [0.05, 0.1) is 64.3 Å². The zero-order valence-corrected chi connectivity index (χ0v) is 23.5. The summed E-state index contributed by atoms with van der Waals surface area (Å²) in [5, 5.41) is 0. The first-order valence-corrected chi connectivity index (χ1v) is 12.6. The molecule has 2 aromatic carbocycles. The van der Waals surface area contributed by atoms with Gasteiger partial charge in [-0.25, -0.2) is 9.59 Å². The predicted octanol–water partition coefficient (Wildman–Crippen LogP) is 1.19. The van der Waals surface area contributed by atoms with E-state index in [9.17, 15) is 14.4 Å². The molecule has 4 rings (SSSR count). The molecular weight excluding hydrogens is 540 g/mol. The monoisotopic (exact) mass is 568 g/mol. The number of hydrogen-bond donors (Lipinski definition) is 1. The highest BCUT2D eigenvalue weighted by molar-refractivity contribution is 7.07. The van der Waals surface area contributed by atoms with Gasteiger partial charge in [-0.15, -0.1) is 11.3 Å². The second-order valence-electron chi connectivity index (χ2n) is 8.41. The van der Waals surface area contributed by atoms with E-state index in [0.717, 1.165) is 15.9 Å². The fourth-order valence-electron chi connectivity index (χ4n) is 4.52. The van der Waals surface area contributed by atoms with Gasteiger partial charge in [-0.1, -0.05) is 12.1 Å². The molecule has 40 heavy (non-hydrogen) atoms. The lowest BCUT2D eigenvalue weighted by molar-refractivity contribution is -0.136. The van der Waals surface area contributed by atoms with Gasteiger partial charge in [0.2, 0.25) is 0 Å². The summed E-state index contributed by atoms with van der Waals surface area (Å²) in [5.41, 5.74) is 7.02. The van der Waals surface area contributed by atoms with Crippen LogP contribution in [0.3, 0.4) is 0 Å². The smallest absolute Gasteiger partial charge is 0.338 e. The molecule has 2 N–H and O–H groups in total. The van der Waals surface area contributed by atoms with E-state index in [4.69, 9.17) is 34.2 Å². The van der Waals surface area contributed by atoms with Crippen LogP contribution < -0.4 is 39.4 Å². The fraction of sp³-hybridized carbons (Fsp3) is 0.250. The number of nitrogens with two attached hydrogens (primary N) is 1. The second kappa shape index (κ2) is 11.6. The zero-order valence-electron chi connectivity index (χ0n) is 22.7. The first-order valence-electron chi connectivity index (χ1n) is 11.8.